The van der Waals surface area contributed by atoms with E-state index in [0.717, 1.165) is 19.6 Å². The molecule has 2 aromatic heterocycles. The zero-order valence-corrected chi connectivity index (χ0v) is 18.0. The molecule has 3 heterocycles. The minimum Gasteiger partial charge on any atom is -0.379 e. The average Bonchev–Trinajstić information content (AvgIpc) is 3.14. The smallest absolute Gasteiger partial charge is 0.321 e. The molecule has 1 fully saturated rings. The number of anilines is 1. The van der Waals surface area contributed by atoms with Gasteiger partial charge in [-0.05, 0) is 30.7 Å². The van der Waals surface area contributed by atoms with Crippen LogP contribution in [0, 0.1) is 5.82 Å². The van der Waals surface area contributed by atoms with Crippen LogP contribution in [0.1, 0.15) is 6.92 Å². The highest BCUT2D eigenvalue weighted by Gasteiger charge is 2.14. The number of thiazole rings is 1. The lowest BCUT2D eigenvalue weighted by Gasteiger charge is -2.26. The van der Waals surface area contributed by atoms with Gasteiger partial charge < -0.3 is 14.6 Å². The summed E-state index contributed by atoms with van der Waals surface area (Å²) in [6, 6.07) is 5.82. The second-order valence-electron chi connectivity index (χ2n) is 7.20. The van der Waals surface area contributed by atoms with Gasteiger partial charge in [-0.3, -0.25) is 15.0 Å². The molecule has 31 heavy (non-hydrogen) atoms. The third kappa shape index (κ3) is 5.09. The Morgan fingerprint density at radius 2 is 2.06 bits per heavy atom. The van der Waals surface area contributed by atoms with Gasteiger partial charge in [-0.2, -0.15) is 0 Å². The number of benzene rings is 1. The second-order valence-corrected chi connectivity index (χ2v) is 8.23. The molecule has 0 aliphatic carbocycles. The summed E-state index contributed by atoms with van der Waals surface area (Å²) in [7, 11) is 0. The first kappa shape index (κ1) is 21.4. The van der Waals surface area contributed by atoms with Crippen molar-refractivity contribution in [2.24, 2.45) is 0 Å². The lowest BCUT2D eigenvalue weighted by atomic mass is 10.1. The van der Waals surface area contributed by atoms with Crippen LogP contribution in [-0.4, -0.2) is 59.9 Å². The van der Waals surface area contributed by atoms with Crippen LogP contribution in [0.25, 0.3) is 21.3 Å². The highest BCUT2D eigenvalue weighted by atomic mass is 32.1. The molecule has 0 atom stereocenters. The van der Waals surface area contributed by atoms with E-state index in [4.69, 9.17) is 4.74 Å². The average molecular weight is 446 g/mol. The third-order valence-corrected chi connectivity index (χ3v) is 6.04. The van der Waals surface area contributed by atoms with E-state index < -0.39 is 5.82 Å². The molecule has 164 valence electrons. The quantitative estimate of drug-likeness (QED) is 0.609. The highest BCUT2D eigenvalue weighted by molar-refractivity contribution is 7.22. The van der Waals surface area contributed by atoms with Crippen LogP contribution >= 0.6 is 11.3 Å². The number of rotatable bonds is 6. The molecular formula is C21H24FN5O3S. The Morgan fingerprint density at radius 1 is 1.26 bits per heavy atom. The first-order chi connectivity index (χ1) is 15.0. The van der Waals surface area contributed by atoms with Crippen molar-refractivity contribution in [1.29, 1.82) is 0 Å². The van der Waals surface area contributed by atoms with E-state index >= 15 is 0 Å². The first-order valence-corrected chi connectivity index (χ1v) is 11.0. The van der Waals surface area contributed by atoms with Crippen LogP contribution in [0.3, 0.4) is 0 Å². The number of nitrogens with zero attached hydrogens (tertiary/aromatic N) is 3. The molecule has 1 aromatic carbocycles. The predicted molar refractivity (Wildman–Crippen MR) is 119 cm³/mol. The van der Waals surface area contributed by atoms with Gasteiger partial charge in [-0.15, -0.1) is 0 Å². The van der Waals surface area contributed by atoms with Gasteiger partial charge in [0.2, 0.25) is 0 Å². The van der Waals surface area contributed by atoms with E-state index in [-0.39, 0.29) is 11.6 Å². The maximum atomic E-state index is 14.8. The molecule has 4 rings (SSSR count). The Labute approximate surface area is 182 Å². The maximum Gasteiger partial charge on any atom is 0.321 e. The van der Waals surface area contributed by atoms with Crippen molar-refractivity contribution in [3.63, 3.8) is 0 Å². The molecule has 10 heteroatoms. The number of carbonyl (C=O) groups excluding carboxylic acids is 1. The van der Waals surface area contributed by atoms with Crippen molar-refractivity contribution in [2.45, 2.75) is 13.5 Å². The Balaban J connectivity index is 1.53. The number of pyridine rings is 1. The number of amides is 2. The Kier molecular flexibility index (Phi) is 6.59. The fraction of sp³-hybridized carbons (Fsp3) is 0.381. The summed E-state index contributed by atoms with van der Waals surface area (Å²) in [5.41, 5.74) is 1.19. The molecule has 2 amide bonds. The van der Waals surface area contributed by atoms with Crippen molar-refractivity contribution in [2.75, 3.05) is 44.7 Å². The fourth-order valence-corrected chi connectivity index (χ4v) is 4.33. The number of hydrogen-bond donors (Lipinski definition) is 2. The van der Waals surface area contributed by atoms with Crippen LogP contribution in [0.15, 0.2) is 35.3 Å². The minimum atomic E-state index is -0.439. The molecule has 0 radical (unpaired) electrons. The minimum absolute atomic E-state index is 0.179. The summed E-state index contributed by atoms with van der Waals surface area (Å²) < 4.78 is 22.4. The van der Waals surface area contributed by atoms with Gasteiger partial charge in [-0.25, -0.2) is 14.2 Å². The van der Waals surface area contributed by atoms with E-state index in [2.05, 4.69) is 20.5 Å². The number of halogens is 1. The van der Waals surface area contributed by atoms with Crippen LogP contribution < -0.4 is 16.2 Å². The molecule has 3 aromatic rings. The molecule has 0 unspecified atom stereocenters. The number of fused-ring (bicyclic) bond motifs is 1. The fourth-order valence-electron chi connectivity index (χ4n) is 3.46. The number of aromatic nitrogens is 2. The van der Waals surface area contributed by atoms with Gasteiger partial charge in [0.15, 0.2) is 5.13 Å². The standard InChI is InChI=1S/C21H24FN5O3S/c1-2-23-20(29)25-21-24-17-12-15(16(22)13-18(17)31-21)14-3-4-27(19(28)11-14)6-5-26-7-9-30-10-8-26/h3-4,11-13H,2,5-10H2,1H3,(H2,23,24,25,29). The van der Waals surface area contributed by atoms with Crippen molar-refractivity contribution >= 4 is 32.7 Å². The zero-order chi connectivity index (χ0) is 21.8. The van der Waals surface area contributed by atoms with Crippen LogP contribution in [0.4, 0.5) is 14.3 Å². The summed E-state index contributed by atoms with van der Waals surface area (Å²) in [6.07, 6.45) is 1.70. The van der Waals surface area contributed by atoms with E-state index in [1.807, 2.05) is 6.92 Å². The van der Waals surface area contributed by atoms with E-state index in [0.29, 0.717) is 52.8 Å². The van der Waals surface area contributed by atoms with Gasteiger partial charge in [-0.1, -0.05) is 11.3 Å². The van der Waals surface area contributed by atoms with E-state index in [1.54, 1.807) is 22.9 Å². The van der Waals surface area contributed by atoms with Gasteiger partial charge >= 0.3 is 6.03 Å². The van der Waals surface area contributed by atoms with Crippen LogP contribution in [-0.2, 0) is 11.3 Å². The lowest BCUT2D eigenvalue weighted by molar-refractivity contribution is 0.0363. The molecule has 2 N–H and O–H groups in total. The zero-order valence-electron chi connectivity index (χ0n) is 17.2. The van der Waals surface area contributed by atoms with Crippen molar-refractivity contribution in [3.8, 4) is 11.1 Å². The molecular weight excluding hydrogens is 421 g/mol. The summed E-state index contributed by atoms with van der Waals surface area (Å²) in [5.74, 6) is -0.439. The number of ether oxygens (including phenoxy) is 1. The first-order valence-electron chi connectivity index (χ1n) is 10.2. The number of hydrogen-bond acceptors (Lipinski definition) is 6. The third-order valence-electron chi connectivity index (χ3n) is 5.10. The maximum absolute atomic E-state index is 14.8. The molecule has 0 bridgehead atoms. The summed E-state index contributed by atoms with van der Waals surface area (Å²) in [5, 5.41) is 5.65. The molecule has 0 spiro atoms. The summed E-state index contributed by atoms with van der Waals surface area (Å²) in [6.45, 7) is 6.80. The number of morpholine rings is 1. The van der Waals surface area contributed by atoms with Crippen molar-refractivity contribution in [1.82, 2.24) is 19.8 Å². The summed E-state index contributed by atoms with van der Waals surface area (Å²) >= 11 is 1.19. The topological polar surface area (TPSA) is 88.5 Å². The molecule has 8 nitrogen and oxygen atoms in total. The van der Waals surface area contributed by atoms with Gasteiger partial charge in [0.05, 0.1) is 23.4 Å². The Hall–Kier alpha value is -2.82. The van der Waals surface area contributed by atoms with Crippen LogP contribution in [0.5, 0.6) is 0 Å². The molecule has 1 aliphatic rings. The van der Waals surface area contributed by atoms with Gasteiger partial charge in [0.1, 0.15) is 5.82 Å². The van der Waals surface area contributed by atoms with Gasteiger partial charge in [0, 0.05) is 50.6 Å². The van der Waals surface area contributed by atoms with Gasteiger partial charge in [0.25, 0.3) is 5.56 Å². The van der Waals surface area contributed by atoms with E-state index in [1.165, 1.54) is 23.5 Å². The Bertz CT molecular complexity index is 1140. The normalized spacial score (nSPS) is 14.6. The number of urea groups is 1. The molecule has 0 saturated carbocycles. The SMILES string of the molecule is CCNC(=O)Nc1nc2cc(-c3ccn(CCN4CCOCC4)c(=O)c3)c(F)cc2s1. The summed E-state index contributed by atoms with van der Waals surface area (Å²) in [4.78, 5) is 30.9. The largest absolute Gasteiger partial charge is 0.379 e. The van der Waals surface area contributed by atoms with E-state index in [9.17, 15) is 14.0 Å². The number of carbonyl (C=O) groups is 1. The lowest BCUT2D eigenvalue weighted by Crippen LogP contribution is -2.39. The highest BCUT2D eigenvalue weighted by Crippen LogP contribution is 2.32. The number of nitrogens with one attached hydrogen (secondary N) is 2. The Morgan fingerprint density at radius 3 is 2.81 bits per heavy atom. The molecule has 1 aliphatic heterocycles. The van der Waals surface area contributed by atoms with Crippen LogP contribution in [0.2, 0.25) is 0 Å². The second kappa shape index (κ2) is 9.54. The predicted octanol–water partition coefficient (Wildman–Crippen LogP) is 2.74. The van der Waals surface area contributed by atoms with Crippen molar-refractivity contribution < 1.29 is 13.9 Å². The monoisotopic (exact) mass is 445 g/mol. The molecule has 1 saturated heterocycles. The van der Waals surface area contributed by atoms with Crippen molar-refractivity contribution in [3.05, 3.63) is 46.6 Å².